The van der Waals surface area contributed by atoms with Crippen LogP contribution in [0, 0.1) is 21.7 Å². The van der Waals surface area contributed by atoms with Crippen LogP contribution in [0.3, 0.4) is 0 Å². The number of benzene rings is 2. The maximum atomic E-state index is 14.0. The number of carbonyl (C=O) groups is 1. The van der Waals surface area contributed by atoms with Crippen LogP contribution in [0.2, 0.25) is 0 Å². The Morgan fingerprint density at radius 2 is 1.65 bits per heavy atom. The molecule has 0 radical (unpaired) electrons. The van der Waals surface area contributed by atoms with Gasteiger partial charge in [-0.2, -0.15) is 0 Å². The zero-order valence-electron chi connectivity index (χ0n) is 18.4. The van der Waals surface area contributed by atoms with Crippen molar-refractivity contribution in [2.24, 2.45) is 0 Å². The first-order chi connectivity index (χ1) is 16.0. The Hall–Kier alpha value is -3.50. The van der Waals surface area contributed by atoms with Gasteiger partial charge in [0.25, 0.3) is 5.91 Å². The highest BCUT2D eigenvalue weighted by Gasteiger charge is 2.21. The molecule has 4 aromatic rings. The second-order valence-corrected chi connectivity index (χ2v) is 10.6. The third-order valence-corrected chi connectivity index (χ3v) is 7.10. The standard InChI is InChI=1S/C24H19F2N3O3S2/c1-24(2,3)15-7-4-13(5-8-15)20-21(14-6-9-16(25)17(26)12-14)34-23(27-20)28-22(30)18-10-11-19(33-18)29(31)32/h4-12H,1-3H3,(H,27,28,30). The third kappa shape index (κ3) is 4.87. The molecular weight excluding hydrogens is 480 g/mol. The molecule has 1 amide bonds. The first-order valence-corrected chi connectivity index (χ1v) is 11.8. The fourth-order valence-electron chi connectivity index (χ4n) is 3.24. The number of nitrogens with one attached hydrogen (secondary N) is 1. The Kier molecular flexibility index (Phi) is 6.28. The minimum Gasteiger partial charge on any atom is -0.297 e. The highest BCUT2D eigenvalue weighted by atomic mass is 32.1. The monoisotopic (exact) mass is 499 g/mol. The van der Waals surface area contributed by atoms with Gasteiger partial charge in [0.15, 0.2) is 16.8 Å². The lowest BCUT2D eigenvalue weighted by Crippen LogP contribution is -2.10. The van der Waals surface area contributed by atoms with Crippen molar-refractivity contribution < 1.29 is 18.5 Å². The summed E-state index contributed by atoms with van der Waals surface area (Å²) < 4.78 is 27.5. The summed E-state index contributed by atoms with van der Waals surface area (Å²) in [5.41, 5.74) is 2.74. The van der Waals surface area contributed by atoms with Crippen LogP contribution < -0.4 is 5.32 Å². The first-order valence-electron chi connectivity index (χ1n) is 10.2. The molecule has 0 bridgehead atoms. The number of nitrogens with zero attached hydrogens (tertiary/aromatic N) is 2. The van der Waals surface area contributed by atoms with Gasteiger partial charge in [0.2, 0.25) is 0 Å². The minimum absolute atomic E-state index is 0.0496. The number of carbonyl (C=O) groups excluding carboxylic acids is 1. The number of anilines is 1. The molecule has 34 heavy (non-hydrogen) atoms. The predicted octanol–water partition coefficient (Wildman–Crippen LogP) is 7.27. The fraction of sp³-hybridized carbons (Fsp3) is 0.167. The van der Waals surface area contributed by atoms with E-state index in [1.807, 2.05) is 24.3 Å². The van der Waals surface area contributed by atoms with Gasteiger partial charge in [0.1, 0.15) is 0 Å². The van der Waals surface area contributed by atoms with Gasteiger partial charge in [-0.15, -0.1) is 0 Å². The Morgan fingerprint density at radius 3 is 2.24 bits per heavy atom. The smallest absolute Gasteiger partial charge is 0.297 e. The Morgan fingerprint density at radius 1 is 0.971 bits per heavy atom. The van der Waals surface area contributed by atoms with E-state index in [0.717, 1.165) is 45.9 Å². The molecule has 0 spiro atoms. The van der Waals surface area contributed by atoms with E-state index in [4.69, 9.17) is 0 Å². The lowest BCUT2D eigenvalue weighted by atomic mass is 9.86. The van der Waals surface area contributed by atoms with Crippen LogP contribution in [0.4, 0.5) is 18.9 Å². The van der Waals surface area contributed by atoms with Crippen LogP contribution in [-0.4, -0.2) is 15.8 Å². The lowest BCUT2D eigenvalue weighted by molar-refractivity contribution is -0.380. The van der Waals surface area contributed by atoms with Crippen LogP contribution >= 0.6 is 22.7 Å². The highest BCUT2D eigenvalue weighted by Crippen LogP contribution is 2.40. The molecule has 2 heterocycles. The molecule has 0 unspecified atom stereocenters. The Balaban J connectivity index is 1.74. The van der Waals surface area contributed by atoms with Crippen molar-refractivity contribution in [3.8, 4) is 21.7 Å². The molecular formula is C24H19F2N3O3S2. The van der Waals surface area contributed by atoms with Crippen molar-refractivity contribution in [2.45, 2.75) is 26.2 Å². The summed E-state index contributed by atoms with van der Waals surface area (Å²) in [5.74, 6) is -2.49. The molecule has 2 aromatic heterocycles. The van der Waals surface area contributed by atoms with Gasteiger partial charge < -0.3 is 0 Å². The number of rotatable bonds is 5. The summed E-state index contributed by atoms with van der Waals surface area (Å²) in [5, 5.41) is 13.7. The van der Waals surface area contributed by atoms with E-state index in [9.17, 15) is 23.7 Å². The summed E-state index contributed by atoms with van der Waals surface area (Å²) in [6.07, 6.45) is 0. The summed E-state index contributed by atoms with van der Waals surface area (Å²) in [6.45, 7) is 6.29. The minimum atomic E-state index is -0.989. The van der Waals surface area contributed by atoms with Crippen molar-refractivity contribution in [1.82, 2.24) is 4.98 Å². The summed E-state index contributed by atoms with van der Waals surface area (Å²) in [6, 6.07) is 14.0. The van der Waals surface area contributed by atoms with Gasteiger partial charge in [-0.25, -0.2) is 13.8 Å². The topological polar surface area (TPSA) is 85.1 Å². The number of nitro groups is 1. The summed E-state index contributed by atoms with van der Waals surface area (Å²) in [4.78, 5) is 28.2. The van der Waals surface area contributed by atoms with Crippen molar-refractivity contribution in [3.05, 3.63) is 86.8 Å². The number of amides is 1. The molecule has 0 aliphatic rings. The van der Waals surface area contributed by atoms with Gasteiger partial charge >= 0.3 is 5.00 Å². The number of thiazole rings is 1. The zero-order valence-corrected chi connectivity index (χ0v) is 20.0. The van der Waals surface area contributed by atoms with E-state index in [0.29, 0.717) is 16.1 Å². The fourth-order valence-corrected chi connectivity index (χ4v) is 4.93. The van der Waals surface area contributed by atoms with E-state index >= 15 is 0 Å². The van der Waals surface area contributed by atoms with Crippen molar-refractivity contribution in [3.63, 3.8) is 0 Å². The Bertz CT molecular complexity index is 1390. The maximum absolute atomic E-state index is 14.0. The largest absolute Gasteiger partial charge is 0.324 e. The SMILES string of the molecule is CC(C)(C)c1ccc(-c2nc(NC(=O)c3ccc([N+](=O)[O-])s3)sc2-c2ccc(F)c(F)c2)cc1. The molecule has 6 nitrogen and oxygen atoms in total. The average molecular weight is 500 g/mol. The van der Waals surface area contributed by atoms with Gasteiger partial charge in [0, 0.05) is 11.6 Å². The number of halogens is 2. The van der Waals surface area contributed by atoms with E-state index in [1.165, 1.54) is 18.2 Å². The molecule has 0 fully saturated rings. The molecule has 10 heteroatoms. The molecule has 0 saturated heterocycles. The van der Waals surface area contributed by atoms with Crippen molar-refractivity contribution in [1.29, 1.82) is 0 Å². The van der Waals surface area contributed by atoms with Crippen LogP contribution in [0.5, 0.6) is 0 Å². The van der Waals surface area contributed by atoms with Crippen molar-refractivity contribution in [2.75, 3.05) is 5.32 Å². The quantitative estimate of drug-likeness (QED) is 0.231. The molecule has 4 rings (SSSR count). The van der Waals surface area contributed by atoms with Gasteiger partial charge in [-0.05, 0) is 34.7 Å². The van der Waals surface area contributed by atoms with Crippen LogP contribution in [0.15, 0.2) is 54.6 Å². The summed E-state index contributed by atoms with van der Waals surface area (Å²) >= 11 is 1.86. The van der Waals surface area contributed by atoms with E-state index in [-0.39, 0.29) is 20.4 Å². The number of aromatic nitrogens is 1. The molecule has 1 N–H and O–H groups in total. The van der Waals surface area contributed by atoms with Gasteiger partial charge in [0.05, 0.1) is 20.4 Å². The number of hydrogen-bond donors (Lipinski definition) is 1. The second-order valence-electron chi connectivity index (χ2n) is 8.50. The van der Waals surface area contributed by atoms with Gasteiger partial charge in [-0.3, -0.25) is 20.2 Å². The van der Waals surface area contributed by atoms with Crippen molar-refractivity contribution >= 4 is 38.7 Å². The Labute approximate surface area is 202 Å². The first kappa shape index (κ1) is 23.7. The lowest BCUT2D eigenvalue weighted by Gasteiger charge is -2.19. The third-order valence-electron chi connectivity index (χ3n) is 5.05. The average Bonchev–Trinajstić information content (AvgIpc) is 3.43. The molecule has 174 valence electrons. The number of hydrogen-bond acceptors (Lipinski definition) is 6. The molecule has 0 atom stereocenters. The molecule has 2 aromatic carbocycles. The molecule has 0 aliphatic heterocycles. The predicted molar refractivity (Wildman–Crippen MR) is 131 cm³/mol. The second kappa shape index (κ2) is 9.03. The van der Waals surface area contributed by atoms with Crippen LogP contribution in [0.25, 0.3) is 21.7 Å². The van der Waals surface area contributed by atoms with E-state index < -0.39 is 22.5 Å². The maximum Gasteiger partial charge on any atom is 0.324 e. The van der Waals surface area contributed by atoms with Crippen LogP contribution in [-0.2, 0) is 5.41 Å². The van der Waals surface area contributed by atoms with E-state index in [1.54, 1.807) is 0 Å². The van der Waals surface area contributed by atoms with E-state index in [2.05, 4.69) is 31.1 Å². The highest BCUT2D eigenvalue weighted by molar-refractivity contribution is 7.20. The summed E-state index contributed by atoms with van der Waals surface area (Å²) in [7, 11) is 0. The van der Waals surface area contributed by atoms with Crippen LogP contribution in [0.1, 0.15) is 36.0 Å². The molecule has 0 aliphatic carbocycles. The zero-order chi connectivity index (χ0) is 24.6. The van der Waals surface area contributed by atoms with Gasteiger partial charge in [-0.1, -0.05) is 73.8 Å². The molecule has 0 saturated carbocycles. The normalized spacial score (nSPS) is 11.4. The number of thiophene rings is 1.